The van der Waals surface area contributed by atoms with Gasteiger partial charge in [-0.2, -0.15) is 11.8 Å². The number of pyridine rings is 1. The number of aromatic nitrogens is 1. The fourth-order valence-electron chi connectivity index (χ4n) is 4.47. The van der Waals surface area contributed by atoms with E-state index >= 15 is 0 Å². The summed E-state index contributed by atoms with van der Waals surface area (Å²) in [6.07, 6.45) is 5.84. The Labute approximate surface area is 179 Å². The SMILES string of the molecule is CSCc1ccc[n+](Cc2ccc(C3=C(C(=O)[O-])N4C(=O)[C@H]([C@@H](C)O)[C@H]4C3)cc2)c1. The Morgan fingerprint density at radius 3 is 2.67 bits per heavy atom. The lowest BCUT2D eigenvalue weighted by molar-refractivity contribution is -0.688. The van der Waals surface area contributed by atoms with Crippen molar-refractivity contribution in [3.8, 4) is 0 Å². The van der Waals surface area contributed by atoms with Crippen LogP contribution >= 0.6 is 11.8 Å². The van der Waals surface area contributed by atoms with E-state index < -0.39 is 18.0 Å². The molecule has 3 heterocycles. The van der Waals surface area contributed by atoms with Crippen LogP contribution in [0.1, 0.15) is 30.0 Å². The summed E-state index contributed by atoms with van der Waals surface area (Å²) in [5, 5.41) is 21.6. The number of nitrogens with zero attached hydrogens (tertiary/aromatic N) is 2. The van der Waals surface area contributed by atoms with Gasteiger partial charge < -0.3 is 19.9 Å². The van der Waals surface area contributed by atoms with Gasteiger partial charge in [-0.3, -0.25) is 4.79 Å². The predicted molar refractivity (Wildman–Crippen MR) is 112 cm³/mol. The first-order valence-corrected chi connectivity index (χ1v) is 11.3. The summed E-state index contributed by atoms with van der Waals surface area (Å²) in [4.78, 5) is 25.4. The Kier molecular flexibility index (Phi) is 5.66. The highest BCUT2D eigenvalue weighted by molar-refractivity contribution is 7.97. The second kappa shape index (κ2) is 8.24. The predicted octanol–water partition coefficient (Wildman–Crippen LogP) is 0.958. The first-order chi connectivity index (χ1) is 14.4. The van der Waals surface area contributed by atoms with E-state index in [0.717, 1.165) is 16.9 Å². The average Bonchev–Trinajstić information content (AvgIpc) is 3.04. The lowest BCUT2D eigenvalue weighted by atomic mass is 9.82. The molecule has 3 atom stereocenters. The number of thioether (sulfide) groups is 1. The number of hydrogen-bond donors (Lipinski definition) is 1. The zero-order valence-corrected chi connectivity index (χ0v) is 17.8. The molecule has 0 bridgehead atoms. The van der Waals surface area contributed by atoms with Gasteiger partial charge in [-0.1, -0.05) is 24.3 Å². The lowest BCUT2D eigenvalue weighted by Crippen LogP contribution is -2.62. The zero-order chi connectivity index (χ0) is 21.4. The van der Waals surface area contributed by atoms with Gasteiger partial charge in [0, 0.05) is 22.9 Å². The van der Waals surface area contributed by atoms with Crippen LogP contribution in [0.15, 0.2) is 54.5 Å². The topological polar surface area (TPSA) is 84.5 Å². The van der Waals surface area contributed by atoms with Gasteiger partial charge in [0.1, 0.15) is 0 Å². The number of amides is 1. The van der Waals surface area contributed by atoms with Crippen LogP contribution in [0.2, 0.25) is 0 Å². The lowest BCUT2D eigenvalue weighted by Gasteiger charge is -2.45. The molecule has 0 saturated carbocycles. The summed E-state index contributed by atoms with van der Waals surface area (Å²) in [6, 6.07) is 11.6. The maximum Gasteiger partial charge on any atom is 0.235 e. The normalized spacial score (nSPS) is 21.4. The van der Waals surface area contributed by atoms with Crippen molar-refractivity contribution >= 4 is 29.2 Å². The van der Waals surface area contributed by atoms with E-state index in [1.54, 1.807) is 18.7 Å². The van der Waals surface area contributed by atoms with Crippen molar-refractivity contribution in [3.63, 3.8) is 0 Å². The van der Waals surface area contributed by atoms with E-state index in [9.17, 15) is 19.8 Å². The minimum absolute atomic E-state index is 0.0613. The fourth-order valence-corrected chi connectivity index (χ4v) is 4.97. The molecule has 1 fully saturated rings. The number of hydrogen-bond acceptors (Lipinski definition) is 5. The number of carbonyl (C=O) groups is 2. The molecule has 2 aliphatic heterocycles. The molecule has 4 rings (SSSR count). The molecule has 0 radical (unpaired) electrons. The Morgan fingerprint density at radius 1 is 1.30 bits per heavy atom. The zero-order valence-electron chi connectivity index (χ0n) is 16.9. The molecule has 1 aromatic carbocycles. The van der Waals surface area contributed by atoms with Gasteiger partial charge >= 0.3 is 0 Å². The summed E-state index contributed by atoms with van der Waals surface area (Å²) < 4.78 is 2.12. The molecule has 0 spiro atoms. The Morgan fingerprint density at radius 2 is 2.03 bits per heavy atom. The van der Waals surface area contributed by atoms with Crippen molar-refractivity contribution in [2.75, 3.05) is 6.26 Å². The molecule has 0 unspecified atom stereocenters. The first-order valence-electron chi connectivity index (χ1n) is 9.92. The molecule has 2 aliphatic rings. The van der Waals surface area contributed by atoms with Crippen molar-refractivity contribution in [3.05, 3.63) is 71.2 Å². The summed E-state index contributed by atoms with van der Waals surface area (Å²) in [5.41, 5.74) is 3.66. The number of carboxylic acid groups (broad SMARTS) is 1. The number of β-lactam (4-membered cyclic amide) rings is 1. The number of rotatable bonds is 7. The fraction of sp³-hybridized carbons (Fsp3) is 0.348. The molecule has 0 aliphatic carbocycles. The molecule has 30 heavy (non-hydrogen) atoms. The molecular formula is C23H24N2O4S. The minimum atomic E-state index is -1.35. The van der Waals surface area contributed by atoms with Gasteiger partial charge in [-0.15, -0.1) is 0 Å². The quantitative estimate of drug-likeness (QED) is 0.529. The molecule has 156 valence electrons. The van der Waals surface area contributed by atoms with Crippen LogP contribution in [-0.2, 0) is 21.9 Å². The van der Waals surface area contributed by atoms with Crippen molar-refractivity contribution in [2.45, 2.75) is 37.8 Å². The average molecular weight is 425 g/mol. The van der Waals surface area contributed by atoms with E-state index in [4.69, 9.17) is 0 Å². The highest BCUT2D eigenvalue weighted by Crippen LogP contribution is 2.46. The Balaban J connectivity index is 1.56. The molecule has 1 aromatic heterocycles. The van der Waals surface area contributed by atoms with E-state index in [1.165, 1.54) is 10.5 Å². The number of aliphatic carboxylic acids is 1. The van der Waals surface area contributed by atoms with Crippen LogP contribution in [0.5, 0.6) is 0 Å². The van der Waals surface area contributed by atoms with E-state index in [2.05, 4.69) is 23.1 Å². The molecule has 6 nitrogen and oxygen atoms in total. The summed E-state index contributed by atoms with van der Waals surface area (Å²) in [6.45, 7) is 2.28. The Hall–Kier alpha value is -2.64. The van der Waals surface area contributed by atoms with Gasteiger partial charge in [0.15, 0.2) is 18.9 Å². The van der Waals surface area contributed by atoms with Crippen molar-refractivity contribution < 1.29 is 24.4 Å². The van der Waals surface area contributed by atoms with E-state index in [0.29, 0.717) is 18.5 Å². The van der Waals surface area contributed by atoms with E-state index in [-0.39, 0.29) is 17.6 Å². The number of benzene rings is 1. The van der Waals surface area contributed by atoms with Gasteiger partial charge in [-0.25, -0.2) is 4.57 Å². The third-order valence-corrected chi connectivity index (χ3v) is 6.44. The van der Waals surface area contributed by atoms with Crippen LogP contribution in [0.25, 0.3) is 5.57 Å². The minimum Gasteiger partial charge on any atom is -0.543 e. The maximum absolute atomic E-state index is 12.3. The van der Waals surface area contributed by atoms with Crippen LogP contribution in [0.3, 0.4) is 0 Å². The highest BCUT2D eigenvalue weighted by Gasteiger charge is 2.55. The molecule has 1 amide bonds. The van der Waals surface area contributed by atoms with Crippen molar-refractivity contribution in [1.82, 2.24) is 4.90 Å². The number of carboxylic acids is 1. The number of carbonyl (C=O) groups excluding carboxylic acids is 2. The number of aliphatic hydroxyl groups excluding tert-OH is 1. The van der Waals surface area contributed by atoms with Crippen LogP contribution in [-0.4, -0.2) is 40.3 Å². The standard InChI is InChI=1S/C23H24N2O4S/c1-14(26)20-19-10-18(21(23(28)29)25(19)22(20)27)17-7-5-15(6-8-17)11-24-9-3-4-16(12-24)13-30-2/h3-9,12,14,19-20,26H,10-11,13H2,1-2H3/t14-,19-,20-/m1/s1. The van der Waals surface area contributed by atoms with Gasteiger partial charge in [0.25, 0.3) is 0 Å². The van der Waals surface area contributed by atoms with Crippen molar-refractivity contribution in [2.24, 2.45) is 5.92 Å². The second-order valence-electron chi connectivity index (χ2n) is 7.88. The van der Waals surface area contributed by atoms with Gasteiger partial charge in [-0.05, 0) is 36.8 Å². The van der Waals surface area contributed by atoms with E-state index in [1.807, 2.05) is 36.5 Å². The molecule has 2 aromatic rings. The van der Waals surface area contributed by atoms with Crippen LogP contribution in [0.4, 0.5) is 0 Å². The molecule has 1 saturated heterocycles. The van der Waals surface area contributed by atoms with Crippen LogP contribution < -0.4 is 9.67 Å². The first kappa shape index (κ1) is 20.6. The Bertz CT molecular complexity index is 1020. The third kappa shape index (κ3) is 3.63. The molecular weight excluding hydrogens is 400 g/mol. The number of fused-ring (bicyclic) bond motifs is 1. The molecule has 1 N–H and O–H groups in total. The van der Waals surface area contributed by atoms with Gasteiger partial charge in [0.05, 0.1) is 29.7 Å². The summed E-state index contributed by atoms with van der Waals surface area (Å²) in [7, 11) is 0. The second-order valence-corrected chi connectivity index (χ2v) is 8.74. The third-order valence-electron chi connectivity index (χ3n) is 5.82. The largest absolute Gasteiger partial charge is 0.543 e. The van der Waals surface area contributed by atoms with Gasteiger partial charge in [0.2, 0.25) is 5.91 Å². The van der Waals surface area contributed by atoms with Crippen molar-refractivity contribution in [1.29, 1.82) is 0 Å². The van der Waals surface area contributed by atoms with Crippen LogP contribution in [0, 0.1) is 5.92 Å². The summed E-state index contributed by atoms with van der Waals surface area (Å²) in [5.74, 6) is -1.29. The monoisotopic (exact) mass is 424 g/mol. The highest BCUT2D eigenvalue weighted by atomic mass is 32.2. The summed E-state index contributed by atoms with van der Waals surface area (Å²) >= 11 is 1.78. The number of aliphatic hydroxyl groups is 1. The molecule has 7 heteroatoms. The smallest absolute Gasteiger partial charge is 0.235 e. The maximum atomic E-state index is 12.3.